The summed E-state index contributed by atoms with van der Waals surface area (Å²) in [5.74, 6) is -10.5. The van der Waals surface area contributed by atoms with Crippen LogP contribution in [0, 0.1) is 5.82 Å². The third-order valence-corrected chi connectivity index (χ3v) is 4.96. The van der Waals surface area contributed by atoms with E-state index < -0.39 is 118 Å². The van der Waals surface area contributed by atoms with Crippen molar-refractivity contribution in [1.82, 2.24) is 15.0 Å². The first-order valence-electron chi connectivity index (χ1n) is 18.6. The topological polar surface area (TPSA) is 192 Å². The zero-order valence-corrected chi connectivity index (χ0v) is 26.1. The number of carbonyl (C=O) groups is 1. The number of phosphoric ester groups is 1. The number of fused-ring (bicyclic) bond motifs is 1. The van der Waals surface area contributed by atoms with Gasteiger partial charge in [-0.15, -0.1) is 0 Å². The third-order valence-electron chi connectivity index (χ3n) is 4.65. The quantitative estimate of drug-likeness (QED) is 0.160. The number of hydrogen-bond acceptors (Lipinski definition) is 14. The second kappa shape index (κ2) is 14.5. The first-order valence-corrected chi connectivity index (χ1v) is 11.6. The Balaban J connectivity index is 0.00000600. The molecule has 0 unspecified atom stereocenters. The van der Waals surface area contributed by atoms with Crippen molar-refractivity contribution in [2.24, 2.45) is 0 Å². The predicted molar refractivity (Wildman–Crippen MR) is 135 cm³/mol. The monoisotopic (exact) mass is 641 g/mol. The summed E-state index contributed by atoms with van der Waals surface area (Å²) in [6.07, 6.45) is 0.522. The van der Waals surface area contributed by atoms with Crippen molar-refractivity contribution in [3.05, 3.63) is 36.3 Å². The van der Waals surface area contributed by atoms with E-state index in [2.05, 4.69) is 30.1 Å². The Morgan fingerprint density at radius 2 is 1.81 bits per heavy atom. The number of benzene rings is 1. The molecule has 0 bridgehead atoms. The number of nitrogens with zero attached hydrogens (tertiary/aromatic N) is 4. The van der Waals surface area contributed by atoms with Gasteiger partial charge in [0.25, 0.3) is 5.91 Å². The van der Waals surface area contributed by atoms with Crippen molar-refractivity contribution in [2.75, 3.05) is 43.3 Å². The first-order chi connectivity index (χ1) is 25.5. The van der Waals surface area contributed by atoms with Crippen LogP contribution in [0.5, 0.6) is 23.0 Å². The van der Waals surface area contributed by atoms with E-state index in [0.717, 1.165) is 18.2 Å². The summed E-state index contributed by atoms with van der Waals surface area (Å²) >= 11 is 0. The molecule has 0 saturated heterocycles. The Kier molecular flexibility index (Phi) is 6.18. The van der Waals surface area contributed by atoms with Gasteiger partial charge in [-0.2, -0.15) is 4.98 Å². The molecule has 0 saturated carbocycles. The molecule has 0 radical (unpaired) electrons. The molecule has 2 N–H and O–H groups in total. The van der Waals surface area contributed by atoms with Crippen LogP contribution in [0.1, 0.15) is 37.0 Å². The molecule has 1 aliphatic rings. The molecule has 1 aliphatic heterocycles. The summed E-state index contributed by atoms with van der Waals surface area (Å²) in [5.41, 5.74) is -4.29. The van der Waals surface area contributed by atoms with Gasteiger partial charge in [0.2, 0.25) is 11.7 Å². The molecule has 42 heavy (non-hydrogen) atoms. The Labute approximate surface area is 308 Å². The van der Waals surface area contributed by atoms with Crippen molar-refractivity contribution < 1.29 is 129 Å². The number of hydrogen-bond donors (Lipinski definition) is 2. The van der Waals surface area contributed by atoms with E-state index >= 15 is 4.39 Å². The van der Waals surface area contributed by atoms with Crippen molar-refractivity contribution in [3.63, 3.8) is 0 Å². The van der Waals surface area contributed by atoms with Gasteiger partial charge in [0, 0.05) is 26.0 Å². The molecule has 0 fully saturated rings. The number of rotatable bonds is 10. The second-order valence-corrected chi connectivity index (χ2v) is 8.40. The van der Waals surface area contributed by atoms with E-state index in [1.807, 2.05) is 0 Å². The summed E-state index contributed by atoms with van der Waals surface area (Å²) in [6, 6.07) is 3.15. The first kappa shape index (κ1) is 17.9. The summed E-state index contributed by atoms with van der Waals surface area (Å²) in [6.45, 7) is -12.0. The van der Waals surface area contributed by atoms with E-state index in [1.54, 1.807) is 0 Å². The molecule has 1 aromatic carbocycles. The number of nitrogens with one attached hydrogen (secondary N) is 2. The second-order valence-electron chi connectivity index (χ2n) is 7.32. The fourth-order valence-corrected chi connectivity index (χ4v) is 3.23. The molecule has 0 spiro atoms. The van der Waals surface area contributed by atoms with Crippen LogP contribution in [0.25, 0.3) is 0 Å². The molecule has 1 amide bonds. The number of ether oxygens (including phenoxy) is 4. The molecule has 214 valence electrons. The largest absolute Gasteiger partial charge is 1.00 e. The van der Waals surface area contributed by atoms with Gasteiger partial charge < -0.3 is 48.5 Å². The van der Waals surface area contributed by atoms with Gasteiger partial charge in [-0.1, -0.05) is 0 Å². The number of pyridine rings is 1. The van der Waals surface area contributed by atoms with E-state index in [4.69, 9.17) is 42.3 Å². The van der Waals surface area contributed by atoms with Crippen LogP contribution in [-0.4, -0.2) is 54.3 Å². The summed E-state index contributed by atoms with van der Waals surface area (Å²) in [7, 11) is -16.2. The van der Waals surface area contributed by atoms with Gasteiger partial charge in [-0.25, -0.2) is 14.4 Å². The number of carbonyl (C=O) groups excluding carboxylic acids is 1. The van der Waals surface area contributed by atoms with Gasteiger partial charge in [0.1, 0.15) is 12.5 Å². The van der Waals surface area contributed by atoms with E-state index in [0.29, 0.717) is 12.3 Å². The van der Waals surface area contributed by atoms with Gasteiger partial charge in [-0.05, 0) is 25.8 Å². The van der Waals surface area contributed by atoms with E-state index in [1.165, 1.54) is 0 Å². The Morgan fingerprint density at radius 3 is 2.43 bits per heavy atom. The van der Waals surface area contributed by atoms with Crippen LogP contribution in [-0.2, 0) is 13.9 Å². The number of amides is 1. The standard InChI is InChI=1S/C23H26FN6O9P.2Na/c1-23(2)21(31)30(11-38-40(32,33)34)20-14(39-23)6-7-17(28-20)27-19-13(24)10-25-22(29-19)26-12-8-15(35-3)18(37-5)16(9-12)36-4;;/h6-10H,11H2,1-5H3,(H2,32,33,34)(H2,25,26,27,28,29);;/q;2*+1/p-2/i1D3,2D3,3D3,4D3,5D3,11D2;;. The fraction of sp³-hybridized carbons (Fsp3) is 0.304. The summed E-state index contributed by atoms with van der Waals surface area (Å²) in [4.78, 5) is 47.3. The molecular weight excluding hydrogens is 600 g/mol. The minimum Gasteiger partial charge on any atom is -0.790 e. The van der Waals surface area contributed by atoms with Crippen LogP contribution in [0.15, 0.2) is 30.5 Å². The van der Waals surface area contributed by atoms with Crippen LogP contribution in [0.3, 0.4) is 0 Å². The molecule has 0 aliphatic carbocycles. The molecule has 3 aromatic rings. The molecule has 15 nitrogen and oxygen atoms in total. The summed E-state index contributed by atoms with van der Waals surface area (Å²) < 4.78 is 180. The van der Waals surface area contributed by atoms with Gasteiger partial charge in [0.05, 0.1) is 50.2 Å². The SMILES string of the molecule is [2H]C([2H])([2H])Oc1cc(Nc2ncc(F)c(Nc3ccc4c(n3)N(C([2H])([2H])OP(=O)([O-])[O-])C(=O)C(C([2H])([2H])[2H])(C([2H])([2H])[2H])O4)n2)cc(OC([2H])([2H])[2H])c1OC([2H])([2H])[2H].[Na+].[Na+]. The van der Waals surface area contributed by atoms with Crippen molar-refractivity contribution in [2.45, 2.75) is 19.3 Å². The fourth-order valence-electron chi connectivity index (χ4n) is 3.05. The van der Waals surface area contributed by atoms with Gasteiger partial charge >= 0.3 is 59.1 Å². The predicted octanol–water partition coefficient (Wildman–Crippen LogP) is -4.16. The molecular formula is C23H24FN6Na2O9P. The number of halogens is 1. The molecule has 4 rings (SSSR count). The minimum absolute atomic E-state index is 0. The molecule has 2 aromatic heterocycles. The van der Waals surface area contributed by atoms with Crippen LogP contribution < -0.4 is 103 Å². The minimum atomic E-state index is -6.37. The average Bonchev–Trinajstić information content (AvgIpc) is 2.95. The Hall–Kier alpha value is -2.24. The number of aromatic nitrogens is 3. The number of anilines is 5. The smallest absolute Gasteiger partial charge is 0.790 e. The normalized spacial score (nSPS) is 21.4. The third kappa shape index (κ3) is 8.23. The van der Waals surface area contributed by atoms with Crippen molar-refractivity contribution in [1.29, 1.82) is 0 Å². The maximum atomic E-state index is 15.0. The van der Waals surface area contributed by atoms with Crippen LogP contribution in [0.2, 0.25) is 0 Å². The summed E-state index contributed by atoms with van der Waals surface area (Å²) in [5, 5.41) is 4.71. The van der Waals surface area contributed by atoms with Crippen molar-refractivity contribution >= 4 is 42.8 Å². The number of phosphoric acid groups is 1. The maximum Gasteiger partial charge on any atom is 1.00 e. The zero-order chi connectivity index (χ0) is 43.5. The molecule has 19 heteroatoms. The Morgan fingerprint density at radius 1 is 1.12 bits per heavy atom. The molecule has 0 atom stereocenters. The maximum absolute atomic E-state index is 15.0. The Bertz CT molecular complexity index is 2040. The van der Waals surface area contributed by atoms with E-state index in [-0.39, 0.29) is 64.8 Å². The van der Waals surface area contributed by atoms with Gasteiger partial charge in [-0.3, -0.25) is 9.69 Å². The van der Waals surface area contributed by atoms with E-state index in [9.17, 15) is 19.1 Å². The van der Waals surface area contributed by atoms with Crippen molar-refractivity contribution in [3.8, 4) is 23.0 Å². The number of methoxy groups -OCH3 is 3. The van der Waals surface area contributed by atoms with Crippen LogP contribution in [0.4, 0.5) is 33.5 Å². The zero-order valence-electron chi connectivity index (χ0n) is 38.2. The average molecular weight is 642 g/mol. The van der Waals surface area contributed by atoms with Crippen LogP contribution >= 0.6 is 7.82 Å². The molecule has 3 heterocycles. The van der Waals surface area contributed by atoms with Gasteiger partial charge in [0.15, 0.2) is 40.3 Å².